The molecule has 29 heavy (non-hydrogen) atoms. The van der Waals surface area contributed by atoms with Crippen LogP contribution in [0.5, 0.6) is 11.5 Å². The number of amides is 1. The molecule has 2 heterocycles. The van der Waals surface area contributed by atoms with Crippen LogP contribution >= 0.6 is 11.8 Å². The fourth-order valence-corrected chi connectivity index (χ4v) is 4.88. The molecule has 2 aliphatic rings. The molecule has 2 aromatic rings. The van der Waals surface area contributed by atoms with E-state index in [-0.39, 0.29) is 24.0 Å². The summed E-state index contributed by atoms with van der Waals surface area (Å²) >= 11 is 1.53. The number of allylic oxidation sites excluding steroid dienone is 1. The minimum atomic E-state index is -0.332. The van der Waals surface area contributed by atoms with E-state index in [2.05, 4.69) is 23.1 Å². The second-order valence-electron chi connectivity index (χ2n) is 7.07. The first-order chi connectivity index (χ1) is 14.1. The topological polar surface area (TPSA) is 76.8 Å². The largest absolute Gasteiger partial charge is 0.504 e. The van der Waals surface area contributed by atoms with Gasteiger partial charge in [-0.2, -0.15) is 5.26 Å². The number of carbonyl (C=O) groups is 1. The van der Waals surface area contributed by atoms with Crippen LogP contribution in [0, 0.1) is 11.3 Å². The van der Waals surface area contributed by atoms with Gasteiger partial charge < -0.3 is 9.84 Å². The zero-order valence-corrected chi connectivity index (χ0v) is 16.9. The van der Waals surface area contributed by atoms with Crippen molar-refractivity contribution < 1.29 is 14.6 Å². The maximum absolute atomic E-state index is 13.0. The summed E-state index contributed by atoms with van der Waals surface area (Å²) in [6.45, 7) is 1.23. The van der Waals surface area contributed by atoms with Crippen molar-refractivity contribution in [2.75, 3.05) is 19.7 Å². The number of nitrogens with zero attached hydrogens (tertiary/aromatic N) is 3. The van der Waals surface area contributed by atoms with Crippen molar-refractivity contribution in [3.05, 3.63) is 70.3 Å². The summed E-state index contributed by atoms with van der Waals surface area (Å²) < 4.78 is 5.19. The summed E-state index contributed by atoms with van der Waals surface area (Å²) in [6, 6.07) is 17.5. The minimum Gasteiger partial charge on any atom is -0.504 e. The quantitative estimate of drug-likeness (QED) is 0.834. The van der Waals surface area contributed by atoms with Gasteiger partial charge in [0.2, 0.25) is 5.91 Å². The Morgan fingerprint density at radius 1 is 1.28 bits per heavy atom. The Hall–Kier alpha value is -2.95. The molecule has 1 saturated heterocycles. The van der Waals surface area contributed by atoms with Gasteiger partial charge in [-0.05, 0) is 23.3 Å². The molecule has 2 aromatic carbocycles. The van der Waals surface area contributed by atoms with Crippen LogP contribution in [0.4, 0.5) is 0 Å². The van der Waals surface area contributed by atoms with Gasteiger partial charge in [0.25, 0.3) is 0 Å². The van der Waals surface area contributed by atoms with E-state index in [4.69, 9.17) is 4.74 Å². The fourth-order valence-electron chi connectivity index (χ4n) is 3.75. The van der Waals surface area contributed by atoms with E-state index in [0.29, 0.717) is 23.9 Å². The lowest BCUT2D eigenvalue weighted by molar-refractivity contribution is -0.131. The number of fused-ring (bicyclic) bond motifs is 1. The number of phenols is 1. The monoisotopic (exact) mass is 407 g/mol. The van der Waals surface area contributed by atoms with Gasteiger partial charge in [-0.3, -0.25) is 14.6 Å². The highest BCUT2D eigenvalue weighted by Crippen LogP contribution is 2.44. The molecule has 1 atom stereocenters. The molecule has 2 aliphatic heterocycles. The number of carbonyl (C=O) groups excluding carboxylic acids is 1. The normalized spacial score (nSPS) is 19.7. The molecule has 0 bridgehead atoms. The first-order valence-electron chi connectivity index (χ1n) is 9.31. The number of hydrogen-bond acceptors (Lipinski definition) is 6. The Kier molecular flexibility index (Phi) is 5.47. The third kappa shape index (κ3) is 3.82. The Balaban J connectivity index is 1.61. The molecule has 1 amide bonds. The van der Waals surface area contributed by atoms with Crippen molar-refractivity contribution in [2.45, 2.75) is 18.9 Å². The Morgan fingerprint density at radius 2 is 2.07 bits per heavy atom. The first kappa shape index (κ1) is 19.4. The zero-order chi connectivity index (χ0) is 20.4. The second kappa shape index (κ2) is 8.19. The van der Waals surface area contributed by atoms with Gasteiger partial charge in [-0.25, -0.2) is 0 Å². The van der Waals surface area contributed by atoms with Crippen molar-refractivity contribution in [3.63, 3.8) is 0 Å². The van der Waals surface area contributed by atoms with Crippen LogP contribution in [0.2, 0.25) is 0 Å². The number of methoxy groups -OCH3 is 1. The Bertz CT molecular complexity index is 1000. The van der Waals surface area contributed by atoms with Gasteiger partial charge in [-0.1, -0.05) is 48.2 Å². The first-order valence-corrected chi connectivity index (χ1v) is 10.3. The van der Waals surface area contributed by atoms with E-state index in [9.17, 15) is 15.2 Å². The van der Waals surface area contributed by atoms with Crippen LogP contribution in [0.1, 0.15) is 23.5 Å². The molecule has 0 spiro atoms. The minimum absolute atomic E-state index is 0.00121. The van der Waals surface area contributed by atoms with Gasteiger partial charge in [0.15, 0.2) is 11.5 Å². The van der Waals surface area contributed by atoms with Crippen molar-refractivity contribution >= 4 is 17.7 Å². The Labute approximate surface area is 174 Å². The molecule has 1 N–H and O–H groups in total. The van der Waals surface area contributed by atoms with Crippen molar-refractivity contribution in [1.82, 2.24) is 9.80 Å². The second-order valence-corrected chi connectivity index (χ2v) is 8.00. The number of phenolic OH excluding ortho intramolecular Hbond substituents is 1. The molecule has 0 saturated carbocycles. The molecule has 0 aromatic heterocycles. The lowest BCUT2D eigenvalue weighted by Crippen LogP contribution is -2.46. The van der Waals surface area contributed by atoms with Gasteiger partial charge in [0.05, 0.1) is 36.3 Å². The van der Waals surface area contributed by atoms with E-state index < -0.39 is 0 Å². The average molecular weight is 407 g/mol. The van der Waals surface area contributed by atoms with Crippen molar-refractivity contribution in [2.24, 2.45) is 0 Å². The molecule has 1 fully saturated rings. The third-order valence-corrected chi connectivity index (χ3v) is 6.41. The predicted octanol–water partition coefficient (Wildman–Crippen LogP) is 3.62. The highest BCUT2D eigenvalue weighted by molar-refractivity contribution is 8.03. The van der Waals surface area contributed by atoms with Crippen LogP contribution in [0.25, 0.3) is 0 Å². The summed E-state index contributed by atoms with van der Waals surface area (Å²) in [4.78, 5) is 16.9. The maximum Gasteiger partial charge on any atom is 0.229 e. The van der Waals surface area contributed by atoms with Crippen molar-refractivity contribution in [3.8, 4) is 17.6 Å². The molecule has 4 rings (SSSR count). The summed E-state index contributed by atoms with van der Waals surface area (Å²) in [5.41, 5.74) is 2.59. The number of aromatic hydroxyl groups is 1. The number of benzene rings is 2. The van der Waals surface area contributed by atoms with Crippen LogP contribution in [-0.4, -0.2) is 40.5 Å². The summed E-state index contributed by atoms with van der Waals surface area (Å²) in [5.74, 6) is 0.757. The lowest BCUT2D eigenvalue weighted by Gasteiger charge is -2.41. The van der Waals surface area contributed by atoms with Crippen molar-refractivity contribution in [1.29, 1.82) is 5.26 Å². The van der Waals surface area contributed by atoms with Gasteiger partial charge in [0.1, 0.15) is 0 Å². The van der Waals surface area contributed by atoms with Gasteiger partial charge >= 0.3 is 0 Å². The molecule has 148 valence electrons. The van der Waals surface area contributed by atoms with E-state index in [1.54, 1.807) is 23.1 Å². The zero-order valence-electron chi connectivity index (χ0n) is 16.0. The molecule has 6 nitrogen and oxygen atoms in total. The molecule has 7 heteroatoms. The number of hydrogen-bond donors (Lipinski definition) is 1. The number of thioether (sulfide) groups is 1. The van der Waals surface area contributed by atoms with E-state index in [1.807, 2.05) is 18.2 Å². The predicted molar refractivity (Wildman–Crippen MR) is 111 cm³/mol. The van der Waals surface area contributed by atoms with Crippen LogP contribution < -0.4 is 4.74 Å². The van der Waals surface area contributed by atoms with Gasteiger partial charge in [0, 0.05) is 18.9 Å². The average Bonchev–Trinajstić information content (AvgIpc) is 2.75. The van der Waals surface area contributed by atoms with Gasteiger partial charge in [-0.15, -0.1) is 0 Å². The lowest BCUT2D eigenvalue weighted by atomic mass is 9.86. The summed E-state index contributed by atoms with van der Waals surface area (Å²) in [7, 11) is 1.48. The highest BCUT2D eigenvalue weighted by Gasteiger charge is 2.38. The summed E-state index contributed by atoms with van der Waals surface area (Å²) in [5, 5.41) is 20.5. The van der Waals surface area contributed by atoms with E-state index >= 15 is 0 Å². The molecular weight excluding hydrogens is 386 g/mol. The SMILES string of the molecule is COc1cc([C@H]2CC(=O)N3CN(Cc4ccccc4)CSC3=C2C#N)ccc1O. The number of ether oxygens (including phenoxy) is 1. The third-order valence-electron chi connectivity index (χ3n) is 5.20. The molecular formula is C22H21N3O3S. The summed E-state index contributed by atoms with van der Waals surface area (Å²) in [6.07, 6.45) is 0.222. The molecule has 0 radical (unpaired) electrons. The van der Waals surface area contributed by atoms with Crippen LogP contribution in [-0.2, 0) is 11.3 Å². The van der Waals surface area contributed by atoms with E-state index in [0.717, 1.165) is 17.1 Å². The number of nitriles is 1. The van der Waals surface area contributed by atoms with E-state index in [1.165, 1.54) is 24.4 Å². The van der Waals surface area contributed by atoms with Crippen LogP contribution in [0.15, 0.2) is 59.1 Å². The highest BCUT2D eigenvalue weighted by atomic mass is 32.2. The fraction of sp³-hybridized carbons (Fsp3) is 0.273. The maximum atomic E-state index is 13.0. The smallest absolute Gasteiger partial charge is 0.229 e. The molecule has 0 unspecified atom stereocenters. The standard InChI is InChI=1S/C22H21N3O3S/c1-28-20-9-16(7-8-19(20)26)17-10-21(27)25-13-24(12-15-5-3-2-4-6-15)14-29-22(25)18(17)11-23/h2-9,17,26H,10,12-14H2,1H3/t17-/m1/s1. The Morgan fingerprint density at radius 3 is 2.79 bits per heavy atom. The molecule has 0 aliphatic carbocycles. The number of rotatable bonds is 4. The van der Waals surface area contributed by atoms with Crippen LogP contribution in [0.3, 0.4) is 0 Å².